The highest BCUT2D eigenvalue weighted by Crippen LogP contribution is 2.24. The molecule has 0 N–H and O–H groups in total. The quantitative estimate of drug-likeness (QED) is 0.292. The van der Waals surface area contributed by atoms with E-state index in [4.69, 9.17) is 4.74 Å². The molecule has 0 unspecified atom stereocenters. The van der Waals surface area contributed by atoms with Crippen molar-refractivity contribution in [3.8, 4) is 5.75 Å². The lowest BCUT2D eigenvalue weighted by Gasteiger charge is -2.04. The van der Waals surface area contributed by atoms with Gasteiger partial charge < -0.3 is 4.74 Å². The first kappa shape index (κ1) is 19.4. The molecule has 0 aliphatic carbocycles. The van der Waals surface area contributed by atoms with Crippen molar-refractivity contribution in [1.82, 2.24) is 0 Å². The van der Waals surface area contributed by atoms with E-state index in [1.165, 1.54) is 5.56 Å². The molecule has 0 amide bonds. The van der Waals surface area contributed by atoms with E-state index in [1.54, 1.807) is 0 Å². The molecule has 0 spiro atoms. The maximum atomic E-state index is 5.65. The zero-order valence-electron chi connectivity index (χ0n) is 16.2. The molecule has 28 heavy (non-hydrogen) atoms. The van der Waals surface area contributed by atoms with Gasteiger partial charge in [0.15, 0.2) is 0 Å². The summed E-state index contributed by atoms with van der Waals surface area (Å²) in [6, 6.07) is 23.0. The minimum absolute atomic E-state index is 0.741. The van der Waals surface area contributed by atoms with Crippen molar-refractivity contribution in [3.63, 3.8) is 0 Å². The second-order valence-electron chi connectivity index (χ2n) is 6.45. The van der Waals surface area contributed by atoms with E-state index in [1.807, 2.05) is 79.7 Å². The Morgan fingerprint density at radius 3 is 1.43 bits per heavy atom. The van der Waals surface area contributed by atoms with Gasteiger partial charge in [0.05, 0.1) is 29.4 Å². The van der Waals surface area contributed by atoms with Gasteiger partial charge in [-0.1, -0.05) is 31.0 Å². The number of aryl methyl sites for hydroxylation is 1. The summed E-state index contributed by atoms with van der Waals surface area (Å²) < 4.78 is 5.65. The lowest BCUT2D eigenvalue weighted by molar-refractivity contribution is 0.309. The highest BCUT2D eigenvalue weighted by Gasteiger charge is 1.96. The van der Waals surface area contributed by atoms with Gasteiger partial charge in [0.1, 0.15) is 5.75 Å². The van der Waals surface area contributed by atoms with E-state index in [0.29, 0.717) is 0 Å². The summed E-state index contributed by atoms with van der Waals surface area (Å²) in [6.45, 7) is 4.93. The number of azo groups is 2. The van der Waals surface area contributed by atoms with Gasteiger partial charge in [-0.2, -0.15) is 20.5 Å². The summed E-state index contributed by atoms with van der Waals surface area (Å²) in [4.78, 5) is 0. The maximum absolute atomic E-state index is 5.65. The number of hydrogen-bond donors (Lipinski definition) is 0. The van der Waals surface area contributed by atoms with E-state index >= 15 is 0 Å². The highest BCUT2D eigenvalue weighted by atomic mass is 16.5. The van der Waals surface area contributed by atoms with Gasteiger partial charge in [-0.05, 0) is 74.0 Å². The van der Waals surface area contributed by atoms with Crippen LogP contribution in [0.15, 0.2) is 93.3 Å². The Kier molecular flexibility index (Phi) is 7.01. The molecule has 0 saturated heterocycles. The van der Waals surface area contributed by atoms with E-state index in [0.717, 1.165) is 47.9 Å². The minimum atomic E-state index is 0.741. The second-order valence-corrected chi connectivity index (χ2v) is 6.45. The van der Waals surface area contributed by atoms with E-state index in [-0.39, 0.29) is 0 Å². The molecule has 142 valence electrons. The third-order valence-electron chi connectivity index (χ3n) is 4.05. The summed E-state index contributed by atoms with van der Waals surface area (Å²) in [5.41, 5.74) is 4.35. The SMILES string of the molecule is CCCCOc1ccc(N=Nc2ccc(N=Nc3ccc(C)cc3)cc2)cc1. The fourth-order valence-corrected chi connectivity index (χ4v) is 2.37. The molecule has 0 heterocycles. The highest BCUT2D eigenvalue weighted by molar-refractivity contribution is 5.48. The van der Waals surface area contributed by atoms with Crippen LogP contribution in [-0.4, -0.2) is 6.61 Å². The molecule has 0 radical (unpaired) electrons. The molecule has 3 rings (SSSR count). The summed E-state index contributed by atoms with van der Waals surface area (Å²) in [7, 11) is 0. The lowest BCUT2D eigenvalue weighted by Crippen LogP contribution is -1.95. The van der Waals surface area contributed by atoms with Gasteiger partial charge in [0.25, 0.3) is 0 Å². The zero-order valence-corrected chi connectivity index (χ0v) is 16.2. The lowest BCUT2D eigenvalue weighted by atomic mass is 10.2. The van der Waals surface area contributed by atoms with Crippen molar-refractivity contribution in [2.24, 2.45) is 20.5 Å². The van der Waals surface area contributed by atoms with Crippen LogP contribution in [0.5, 0.6) is 5.75 Å². The second kappa shape index (κ2) is 10.1. The monoisotopic (exact) mass is 372 g/mol. The van der Waals surface area contributed by atoms with Crippen LogP contribution in [0, 0.1) is 6.92 Å². The van der Waals surface area contributed by atoms with Crippen molar-refractivity contribution in [2.75, 3.05) is 6.61 Å². The smallest absolute Gasteiger partial charge is 0.119 e. The average molecular weight is 372 g/mol. The predicted molar refractivity (Wildman–Crippen MR) is 113 cm³/mol. The van der Waals surface area contributed by atoms with E-state index in [9.17, 15) is 0 Å². The molecular formula is C23H24N4O. The predicted octanol–water partition coefficient (Wildman–Crippen LogP) is 8.00. The summed E-state index contributed by atoms with van der Waals surface area (Å²) in [6.07, 6.45) is 2.18. The number of rotatable bonds is 8. The Morgan fingerprint density at radius 2 is 1.00 bits per heavy atom. The standard InChI is InChI=1S/C23H24N4O/c1-3-4-17-28-23-15-13-22(14-16-23)27-26-21-11-9-20(10-12-21)25-24-19-7-5-18(2)6-8-19/h5-16H,3-4,17H2,1-2H3. The third-order valence-corrected chi connectivity index (χ3v) is 4.05. The zero-order chi connectivity index (χ0) is 19.6. The van der Waals surface area contributed by atoms with E-state index in [2.05, 4.69) is 27.4 Å². The number of hydrogen-bond acceptors (Lipinski definition) is 5. The molecule has 5 heteroatoms. The van der Waals surface area contributed by atoms with Crippen LogP contribution in [0.4, 0.5) is 22.7 Å². The first-order valence-corrected chi connectivity index (χ1v) is 9.46. The van der Waals surface area contributed by atoms with Crippen LogP contribution in [-0.2, 0) is 0 Å². The molecular weight excluding hydrogens is 348 g/mol. The summed E-state index contributed by atoms with van der Waals surface area (Å²) >= 11 is 0. The van der Waals surface area contributed by atoms with Crippen LogP contribution in [0.25, 0.3) is 0 Å². The molecule has 5 nitrogen and oxygen atoms in total. The van der Waals surface area contributed by atoms with Gasteiger partial charge >= 0.3 is 0 Å². The number of ether oxygens (including phenoxy) is 1. The molecule has 0 aliphatic rings. The largest absolute Gasteiger partial charge is 0.494 e. The molecule has 3 aromatic carbocycles. The molecule has 0 aliphatic heterocycles. The molecule has 0 aromatic heterocycles. The third kappa shape index (κ3) is 6.13. The number of benzene rings is 3. The van der Waals surface area contributed by atoms with Crippen molar-refractivity contribution < 1.29 is 4.74 Å². The van der Waals surface area contributed by atoms with Crippen LogP contribution >= 0.6 is 0 Å². The van der Waals surface area contributed by atoms with Crippen molar-refractivity contribution in [2.45, 2.75) is 26.7 Å². The van der Waals surface area contributed by atoms with Gasteiger partial charge in [-0.3, -0.25) is 0 Å². The fourth-order valence-electron chi connectivity index (χ4n) is 2.37. The molecule has 0 bridgehead atoms. The summed E-state index contributed by atoms with van der Waals surface area (Å²) in [5, 5.41) is 17.0. The van der Waals surface area contributed by atoms with Crippen molar-refractivity contribution in [1.29, 1.82) is 0 Å². The van der Waals surface area contributed by atoms with Crippen LogP contribution in [0.2, 0.25) is 0 Å². The molecule has 0 fully saturated rings. The fraction of sp³-hybridized carbons (Fsp3) is 0.217. The van der Waals surface area contributed by atoms with Crippen LogP contribution in [0.3, 0.4) is 0 Å². The number of nitrogens with zero attached hydrogens (tertiary/aromatic N) is 4. The average Bonchev–Trinajstić information content (AvgIpc) is 2.74. The van der Waals surface area contributed by atoms with Crippen molar-refractivity contribution >= 4 is 22.7 Å². The minimum Gasteiger partial charge on any atom is -0.494 e. The topological polar surface area (TPSA) is 58.7 Å². The maximum Gasteiger partial charge on any atom is 0.119 e. The van der Waals surface area contributed by atoms with Gasteiger partial charge in [-0.25, -0.2) is 0 Å². The normalized spacial score (nSPS) is 11.4. The molecule has 3 aromatic rings. The Hall–Kier alpha value is -3.34. The first-order chi connectivity index (χ1) is 13.7. The van der Waals surface area contributed by atoms with Gasteiger partial charge in [-0.15, -0.1) is 0 Å². The van der Waals surface area contributed by atoms with E-state index < -0.39 is 0 Å². The first-order valence-electron chi connectivity index (χ1n) is 9.46. The molecule has 0 atom stereocenters. The summed E-state index contributed by atoms with van der Waals surface area (Å²) in [5.74, 6) is 0.857. The Morgan fingerprint density at radius 1 is 0.607 bits per heavy atom. The molecule has 0 saturated carbocycles. The van der Waals surface area contributed by atoms with Gasteiger partial charge in [0, 0.05) is 0 Å². The Balaban J connectivity index is 1.56. The van der Waals surface area contributed by atoms with Crippen molar-refractivity contribution in [3.05, 3.63) is 78.4 Å². The Bertz CT molecular complexity index is 914. The van der Waals surface area contributed by atoms with Crippen LogP contribution < -0.4 is 4.74 Å². The Labute approximate surface area is 165 Å². The number of unbranched alkanes of at least 4 members (excludes halogenated alkanes) is 1. The van der Waals surface area contributed by atoms with Crippen LogP contribution in [0.1, 0.15) is 25.3 Å². The van der Waals surface area contributed by atoms with Gasteiger partial charge in [0.2, 0.25) is 0 Å².